The SMILES string of the molecule is NC(=NC(=NCc1ccccc1)c1ccc(-c2ccccc2)cc1)c1ccc(-c2ccc3oc4ccccc4c3c2)c2oc3ccccc3c12. The lowest BCUT2D eigenvalue weighted by Gasteiger charge is -2.10. The minimum absolute atomic E-state index is 0.364. The molecule has 5 heteroatoms. The lowest BCUT2D eigenvalue weighted by atomic mass is 9.97. The van der Waals surface area contributed by atoms with Gasteiger partial charge in [-0.1, -0.05) is 127 Å². The third kappa shape index (κ3) is 5.31. The first-order chi connectivity index (χ1) is 24.7. The van der Waals surface area contributed by atoms with Crippen molar-refractivity contribution in [3.8, 4) is 22.3 Å². The first-order valence-electron chi connectivity index (χ1n) is 16.6. The van der Waals surface area contributed by atoms with Gasteiger partial charge >= 0.3 is 0 Å². The number of aliphatic imine (C=N–C) groups is 2. The van der Waals surface area contributed by atoms with Crippen LogP contribution < -0.4 is 5.73 Å². The van der Waals surface area contributed by atoms with E-state index in [-0.39, 0.29) is 0 Å². The number of furan rings is 2. The van der Waals surface area contributed by atoms with Gasteiger partial charge in [0.1, 0.15) is 28.2 Å². The van der Waals surface area contributed by atoms with Crippen molar-refractivity contribution in [1.29, 1.82) is 0 Å². The topological polar surface area (TPSA) is 77.0 Å². The van der Waals surface area contributed by atoms with Gasteiger partial charge in [-0.05, 0) is 58.7 Å². The number of hydrogen-bond acceptors (Lipinski definition) is 3. The maximum atomic E-state index is 6.97. The van der Waals surface area contributed by atoms with Gasteiger partial charge in [-0.15, -0.1) is 0 Å². The van der Waals surface area contributed by atoms with E-state index >= 15 is 0 Å². The van der Waals surface area contributed by atoms with E-state index in [0.717, 1.165) is 82.8 Å². The molecule has 0 aliphatic heterocycles. The molecule has 0 aliphatic rings. The molecule has 2 heterocycles. The number of amidine groups is 2. The maximum absolute atomic E-state index is 6.97. The number of para-hydroxylation sites is 2. The van der Waals surface area contributed by atoms with E-state index in [1.807, 2.05) is 84.9 Å². The minimum atomic E-state index is 0.364. The van der Waals surface area contributed by atoms with Crippen molar-refractivity contribution in [1.82, 2.24) is 0 Å². The molecule has 0 spiro atoms. The van der Waals surface area contributed by atoms with Crippen molar-refractivity contribution >= 4 is 55.5 Å². The summed E-state index contributed by atoms with van der Waals surface area (Å²) < 4.78 is 12.7. The van der Waals surface area contributed by atoms with Crippen LogP contribution in [0.2, 0.25) is 0 Å². The number of rotatable bonds is 6. The predicted octanol–water partition coefficient (Wildman–Crippen LogP) is 11.2. The normalized spacial score (nSPS) is 12.4. The Morgan fingerprint density at radius 1 is 0.520 bits per heavy atom. The first kappa shape index (κ1) is 29.4. The van der Waals surface area contributed by atoms with E-state index in [1.165, 1.54) is 0 Å². The number of hydrogen-bond donors (Lipinski definition) is 1. The second kappa shape index (κ2) is 12.4. The van der Waals surface area contributed by atoms with Crippen LogP contribution in [0.25, 0.3) is 66.1 Å². The lowest BCUT2D eigenvalue weighted by Crippen LogP contribution is -2.17. The fraction of sp³-hybridized carbons (Fsp3) is 0.0222. The molecule has 0 fully saturated rings. The number of fused-ring (bicyclic) bond motifs is 6. The Kier molecular flexibility index (Phi) is 7.29. The van der Waals surface area contributed by atoms with E-state index in [9.17, 15) is 0 Å². The zero-order valence-electron chi connectivity index (χ0n) is 27.1. The lowest BCUT2D eigenvalue weighted by molar-refractivity contribution is 0.668. The van der Waals surface area contributed by atoms with Crippen LogP contribution in [-0.4, -0.2) is 11.7 Å². The molecule has 0 radical (unpaired) electrons. The molecular weight excluding hydrogens is 615 g/mol. The summed E-state index contributed by atoms with van der Waals surface area (Å²) in [6.07, 6.45) is 0. The quantitative estimate of drug-likeness (QED) is 0.144. The second-order valence-electron chi connectivity index (χ2n) is 12.3. The zero-order chi connectivity index (χ0) is 33.4. The highest BCUT2D eigenvalue weighted by Gasteiger charge is 2.19. The number of benzene rings is 7. The van der Waals surface area contributed by atoms with Gasteiger partial charge in [0.05, 0.1) is 6.54 Å². The Balaban J connectivity index is 1.18. The molecule has 2 N–H and O–H groups in total. The van der Waals surface area contributed by atoms with E-state index in [0.29, 0.717) is 18.2 Å². The Hall–Kier alpha value is -6.72. The number of nitrogens with two attached hydrogens (primary N) is 1. The van der Waals surface area contributed by atoms with Gasteiger partial charge in [-0.2, -0.15) is 0 Å². The van der Waals surface area contributed by atoms with E-state index in [2.05, 4.69) is 78.9 Å². The van der Waals surface area contributed by atoms with Gasteiger partial charge < -0.3 is 14.6 Å². The molecule has 9 aromatic rings. The highest BCUT2D eigenvalue weighted by Crippen LogP contribution is 2.40. The van der Waals surface area contributed by atoms with Crippen molar-refractivity contribution in [2.75, 3.05) is 0 Å². The van der Waals surface area contributed by atoms with Gasteiger partial charge in [0.15, 0.2) is 5.84 Å². The molecule has 5 nitrogen and oxygen atoms in total. The van der Waals surface area contributed by atoms with Crippen molar-refractivity contribution in [2.45, 2.75) is 6.54 Å². The average Bonchev–Trinajstić information content (AvgIpc) is 3.75. The van der Waals surface area contributed by atoms with Gasteiger partial charge in [-0.25, -0.2) is 4.99 Å². The summed E-state index contributed by atoms with van der Waals surface area (Å²) in [5.74, 6) is 0.927. The molecule has 0 saturated heterocycles. The Morgan fingerprint density at radius 3 is 1.92 bits per heavy atom. The second-order valence-corrected chi connectivity index (χ2v) is 12.3. The van der Waals surface area contributed by atoms with Gasteiger partial charge in [-0.3, -0.25) is 4.99 Å². The molecule has 0 unspecified atom stereocenters. The smallest absolute Gasteiger partial charge is 0.157 e. The summed E-state index contributed by atoms with van der Waals surface area (Å²) in [5.41, 5.74) is 17.3. The van der Waals surface area contributed by atoms with Crippen molar-refractivity contribution in [3.05, 3.63) is 180 Å². The summed E-state index contributed by atoms with van der Waals surface area (Å²) in [6.45, 7) is 0.474. The maximum Gasteiger partial charge on any atom is 0.157 e. The fourth-order valence-corrected chi connectivity index (χ4v) is 6.72. The van der Waals surface area contributed by atoms with Crippen LogP contribution in [0.3, 0.4) is 0 Å². The average molecular weight is 646 g/mol. The highest BCUT2D eigenvalue weighted by atomic mass is 16.3. The van der Waals surface area contributed by atoms with Gasteiger partial charge in [0.2, 0.25) is 0 Å². The molecule has 0 saturated carbocycles. The van der Waals surface area contributed by atoms with Crippen molar-refractivity contribution in [3.63, 3.8) is 0 Å². The molecular formula is C45H31N3O2. The minimum Gasteiger partial charge on any atom is -0.456 e. The van der Waals surface area contributed by atoms with Crippen molar-refractivity contribution < 1.29 is 8.83 Å². The molecule has 50 heavy (non-hydrogen) atoms. The monoisotopic (exact) mass is 645 g/mol. The Morgan fingerprint density at radius 2 is 1.14 bits per heavy atom. The largest absolute Gasteiger partial charge is 0.456 e. The summed E-state index contributed by atoms with van der Waals surface area (Å²) in [7, 11) is 0. The van der Waals surface area contributed by atoms with Crippen LogP contribution in [-0.2, 0) is 6.54 Å². The van der Waals surface area contributed by atoms with Gasteiger partial charge in [0, 0.05) is 38.2 Å². The van der Waals surface area contributed by atoms with E-state index in [4.69, 9.17) is 24.6 Å². The van der Waals surface area contributed by atoms with Gasteiger partial charge in [0.25, 0.3) is 0 Å². The molecule has 7 aromatic carbocycles. The Labute approximate surface area is 288 Å². The first-order valence-corrected chi connectivity index (χ1v) is 16.6. The predicted molar refractivity (Wildman–Crippen MR) is 206 cm³/mol. The van der Waals surface area contributed by atoms with Crippen LogP contribution in [0.4, 0.5) is 0 Å². The van der Waals surface area contributed by atoms with Crippen LogP contribution >= 0.6 is 0 Å². The molecule has 0 atom stereocenters. The highest BCUT2D eigenvalue weighted by molar-refractivity contribution is 6.22. The van der Waals surface area contributed by atoms with Crippen molar-refractivity contribution in [2.24, 2.45) is 15.7 Å². The van der Waals surface area contributed by atoms with Crippen LogP contribution in [0.15, 0.2) is 183 Å². The standard InChI is InChI=1S/C45H31N3O2/c46-44(48-45(47-28-29-11-3-1-4-12-29)32-21-19-31(20-22-32)30-13-5-2-6-14-30)37-25-24-34(43-42(37)36-16-8-10-18-40(36)50-43)33-23-26-41-38(27-33)35-15-7-9-17-39(35)49-41/h1-27H,28H2,(H2,46,47,48). The third-order valence-electron chi connectivity index (χ3n) is 9.22. The summed E-state index contributed by atoms with van der Waals surface area (Å²) in [5, 5.41) is 4.03. The Bertz CT molecular complexity index is 2720. The van der Waals surface area contributed by atoms with E-state index < -0.39 is 0 Å². The third-order valence-corrected chi connectivity index (χ3v) is 9.22. The molecule has 0 aliphatic carbocycles. The molecule has 0 bridgehead atoms. The summed E-state index contributed by atoms with van der Waals surface area (Å²) in [4.78, 5) is 10.0. The summed E-state index contributed by atoms with van der Waals surface area (Å²) >= 11 is 0. The van der Waals surface area contributed by atoms with Crippen LogP contribution in [0.1, 0.15) is 16.7 Å². The van der Waals surface area contributed by atoms with Crippen LogP contribution in [0, 0.1) is 0 Å². The number of nitrogens with zero attached hydrogens (tertiary/aromatic N) is 2. The molecule has 0 amide bonds. The zero-order valence-corrected chi connectivity index (χ0v) is 27.1. The summed E-state index contributed by atoms with van der Waals surface area (Å²) in [6, 6.07) is 55.4. The van der Waals surface area contributed by atoms with Crippen LogP contribution in [0.5, 0.6) is 0 Å². The molecule has 238 valence electrons. The fourth-order valence-electron chi connectivity index (χ4n) is 6.72. The molecule has 2 aromatic heterocycles. The molecule has 9 rings (SSSR count). The van der Waals surface area contributed by atoms with E-state index in [1.54, 1.807) is 0 Å².